The van der Waals surface area contributed by atoms with Gasteiger partial charge in [-0.3, -0.25) is 4.90 Å². The van der Waals surface area contributed by atoms with Gasteiger partial charge in [0, 0.05) is 22.7 Å². The van der Waals surface area contributed by atoms with Crippen LogP contribution in [0.2, 0.25) is 5.02 Å². The first kappa shape index (κ1) is 19.8. The Morgan fingerprint density at radius 2 is 1.81 bits per heavy atom. The molecule has 9 heteroatoms. The highest BCUT2D eigenvalue weighted by Crippen LogP contribution is 2.28. The molecule has 0 aliphatic carbocycles. The predicted molar refractivity (Wildman–Crippen MR) is 112 cm³/mol. The van der Waals surface area contributed by atoms with E-state index in [1.807, 2.05) is 12.1 Å². The maximum absolute atomic E-state index is 13.5. The van der Waals surface area contributed by atoms with Crippen LogP contribution in [0.5, 0.6) is 0 Å². The average molecular weight is 440 g/mol. The third kappa shape index (κ3) is 4.50. The molecule has 2 aromatic heterocycles. The second-order valence-electron chi connectivity index (χ2n) is 7.56. The molecule has 0 radical (unpaired) electrons. The summed E-state index contributed by atoms with van der Waals surface area (Å²) in [5, 5.41) is 8.77. The van der Waals surface area contributed by atoms with Gasteiger partial charge in [0.15, 0.2) is 0 Å². The summed E-state index contributed by atoms with van der Waals surface area (Å²) in [6, 6.07) is 13.5. The second kappa shape index (κ2) is 8.56. The Morgan fingerprint density at radius 1 is 1.00 bits per heavy atom. The third-order valence-corrected chi connectivity index (χ3v) is 5.56. The van der Waals surface area contributed by atoms with Crippen LogP contribution in [-0.4, -0.2) is 38.3 Å². The van der Waals surface area contributed by atoms with Gasteiger partial charge in [-0.1, -0.05) is 34.0 Å². The van der Waals surface area contributed by atoms with Gasteiger partial charge in [-0.05, 0) is 55.8 Å². The number of rotatable bonds is 5. The van der Waals surface area contributed by atoms with Crippen LogP contribution in [0.3, 0.4) is 0 Å². The quantitative estimate of drug-likeness (QED) is 0.434. The molecule has 1 fully saturated rings. The minimum Gasteiger partial charge on any atom is -0.339 e. The van der Waals surface area contributed by atoms with Crippen molar-refractivity contribution in [3.63, 3.8) is 0 Å². The van der Waals surface area contributed by atoms with Crippen molar-refractivity contribution in [2.24, 2.45) is 0 Å². The molecule has 1 atom stereocenters. The van der Waals surface area contributed by atoms with Gasteiger partial charge in [-0.2, -0.15) is 9.97 Å². The van der Waals surface area contributed by atoms with Crippen molar-refractivity contribution >= 4 is 11.6 Å². The summed E-state index contributed by atoms with van der Waals surface area (Å²) in [6.07, 6.45) is 1.93. The predicted octanol–water partition coefficient (Wildman–Crippen LogP) is 4.96. The SMILES string of the molecule is Fc1cccc(-c2noc(C3CCCN(Cc4nc(-c5ccc(Cl)cc5)no4)C3)n2)c1. The fourth-order valence-corrected chi connectivity index (χ4v) is 3.90. The van der Waals surface area contributed by atoms with Crippen LogP contribution in [0.4, 0.5) is 4.39 Å². The highest BCUT2D eigenvalue weighted by atomic mass is 35.5. The molecule has 2 aromatic carbocycles. The maximum Gasteiger partial charge on any atom is 0.241 e. The van der Waals surface area contributed by atoms with E-state index in [4.69, 9.17) is 20.6 Å². The number of nitrogens with zero attached hydrogens (tertiary/aromatic N) is 5. The lowest BCUT2D eigenvalue weighted by Crippen LogP contribution is -2.34. The lowest BCUT2D eigenvalue weighted by Gasteiger charge is -2.29. The van der Waals surface area contributed by atoms with E-state index in [1.165, 1.54) is 12.1 Å². The molecule has 7 nitrogen and oxygen atoms in total. The highest BCUT2D eigenvalue weighted by molar-refractivity contribution is 6.30. The number of aromatic nitrogens is 4. The van der Waals surface area contributed by atoms with Gasteiger partial charge in [0.05, 0.1) is 12.5 Å². The van der Waals surface area contributed by atoms with E-state index in [0.29, 0.717) is 40.6 Å². The van der Waals surface area contributed by atoms with Crippen LogP contribution in [0.25, 0.3) is 22.8 Å². The lowest BCUT2D eigenvalue weighted by molar-refractivity contribution is 0.162. The molecule has 0 N–H and O–H groups in total. The summed E-state index contributed by atoms with van der Waals surface area (Å²) >= 11 is 5.94. The summed E-state index contributed by atoms with van der Waals surface area (Å²) in [5.74, 6) is 1.83. The molecule has 0 bridgehead atoms. The molecule has 0 spiro atoms. The molecule has 5 rings (SSSR count). The number of piperidine rings is 1. The summed E-state index contributed by atoms with van der Waals surface area (Å²) in [7, 11) is 0. The summed E-state index contributed by atoms with van der Waals surface area (Å²) in [6.45, 7) is 2.20. The van der Waals surface area contributed by atoms with Crippen molar-refractivity contribution in [1.29, 1.82) is 0 Å². The zero-order valence-corrected chi connectivity index (χ0v) is 17.3. The molecule has 4 aromatic rings. The summed E-state index contributed by atoms with van der Waals surface area (Å²) < 4.78 is 24.4. The Balaban J connectivity index is 1.25. The first-order valence-electron chi connectivity index (χ1n) is 10.0. The van der Waals surface area contributed by atoms with Crippen LogP contribution < -0.4 is 0 Å². The van der Waals surface area contributed by atoms with Crippen molar-refractivity contribution in [1.82, 2.24) is 25.2 Å². The fraction of sp³-hybridized carbons (Fsp3) is 0.273. The smallest absolute Gasteiger partial charge is 0.241 e. The van der Waals surface area contributed by atoms with Crippen LogP contribution in [-0.2, 0) is 6.54 Å². The van der Waals surface area contributed by atoms with Gasteiger partial charge in [0.1, 0.15) is 5.82 Å². The number of hydrogen-bond donors (Lipinski definition) is 0. The van der Waals surface area contributed by atoms with Crippen LogP contribution in [0.1, 0.15) is 30.5 Å². The highest BCUT2D eigenvalue weighted by Gasteiger charge is 2.27. The van der Waals surface area contributed by atoms with E-state index in [-0.39, 0.29) is 11.7 Å². The minimum atomic E-state index is -0.329. The normalized spacial score (nSPS) is 17.2. The Kier molecular flexibility index (Phi) is 5.48. The minimum absolute atomic E-state index is 0.0993. The van der Waals surface area contributed by atoms with Gasteiger partial charge in [0.2, 0.25) is 23.4 Å². The maximum atomic E-state index is 13.5. The fourth-order valence-electron chi connectivity index (χ4n) is 3.77. The molecule has 0 amide bonds. The van der Waals surface area contributed by atoms with Crippen LogP contribution in [0, 0.1) is 5.82 Å². The number of halogens is 2. The number of benzene rings is 2. The van der Waals surface area contributed by atoms with Crippen molar-refractivity contribution < 1.29 is 13.4 Å². The molecule has 158 valence electrons. The first-order chi connectivity index (χ1) is 15.1. The van der Waals surface area contributed by atoms with E-state index in [9.17, 15) is 4.39 Å². The summed E-state index contributed by atoms with van der Waals surface area (Å²) in [4.78, 5) is 11.2. The Morgan fingerprint density at radius 3 is 2.65 bits per heavy atom. The van der Waals surface area contributed by atoms with Gasteiger partial charge >= 0.3 is 0 Å². The van der Waals surface area contributed by atoms with Gasteiger partial charge in [-0.15, -0.1) is 0 Å². The second-order valence-corrected chi connectivity index (χ2v) is 8.00. The third-order valence-electron chi connectivity index (χ3n) is 5.31. The summed E-state index contributed by atoms with van der Waals surface area (Å²) in [5.41, 5.74) is 1.45. The average Bonchev–Trinajstić information content (AvgIpc) is 3.45. The number of hydrogen-bond acceptors (Lipinski definition) is 7. The topological polar surface area (TPSA) is 81.1 Å². The van der Waals surface area contributed by atoms with E-state index in [2.05, 4.69) is 25.2 Å². The molecule has 1 aliphatic rings. The molecule has 3 heterocycles. The molecular weight excluding hydrogens is 421 g/mol. The first-order valence-corrected chi connectivity index (χ1v) is 10.4. The molecule has 1 aliphatic heterocycles. The Labute approximate surface area is 182 Å². The zero-order valence-electron chi connectivity index (χ0n) is 16.5. The van der Waals surface area contributed by atoms with Gasteiger partial charge in [-0.25, -0.2) is 4.39 Å². The zero-order chi connectivity index (χ0) is 21.2. The van der Waals surface area contributed by atoms with Crippen LogP contribution in [0.15, 0.2) is 57.6 Å². The van der Waals surface area contributed by atoms with E-state index < -0.39 is 0 Å². The van der Waals surface area contributed by atoms with Crippen LogP contribution >= 0.6 is 11.6 Å². The van der Waals surface area contributed by atoms with Crippen molar-refractivity contribution in [3.05, 3.63) is 71.2 Å². The lowest BCUT2D eigenvalue weighted by atomic mass is 9.98. The van der Waals surface area contributed by atoms with E-state index >= 15 is 0 Å². The largest absolute Gasteiger partial charge is 0.339 e. The Bertz CT molecular complexity index is 1180. The van der Waals surface area contributed by atoms with Gasteiger partial charge in [0.25, 0.3) is 0 Å². The van der Waals surface area contributed by atoms with Crippen molar-refractivity contribution in [3.8, 4) is 22.8 Å². The van der Waals surface area contributed by atoms with E-state index in [1.54, 1.807) is 24.3 Å². The monoisotopic (exact) mass is 439 g/mol. The molecule has 0 saturated carbocycles. The Hall–Kier alpha value is -3.10. The van der Waals surface area contributed by atoms with Crippen molar-refractivity contribution in [2.45, 2.75) is 25.3 Å². The van der Waals surface area contributed by atoms with E-state index in [0.717, 1.165) is 31.5 Å². The van der Waals surface area contributed by atoms with Crippen molar-refractivity contribution in [2.75, 3.05) is 13.1 Å². The standard InChI is InChI=1S/C22H19ClFN5O2/c23-17-8-6-14(7-9-17)20-25-19(30-27-20)13-29-10-2-4-16(12-29)22-26-21(28-31-22)15-3-1-5-18(24)11-15/h1,3,5-9,11,16H,2,4,10,12-13H2. The molecular formula is C22H19ClFN5O2. The molecule has 1 unspecified atom stereocenters. The van der Waals surface area contributed by atoms with Gasteiger partial charge < -0.3 is 9.05 Å². The molecule has 1 saturated heterocycles. The number of likely N-dealkylation sites (tertiary alicyclic amines) is 1. The molecule has 31 heavy (non-hydrogen) atoms.